The van der Waals surface area contributed by atoms with E-state index >= 15 is 0 Å². The van der Waals surface area contributed by atoms with Gasteiger partial charge < -0.3 is 4.74 Å². The van der Waals surface area contributed by atoms with Crippen molar-refractivity contribution in [3.8, 4) is 0 Å². The van der Waals surface area contributed by atoms with E-state index in [0.29, 0.717) is 19.6 Å². The zero-order valence-corrected chi connectivity index (χ0v) is 10.5. The molecule has 1 unspecified atom stereocenters. The SMILES string of the molecule is COC(=O)C1CCN(Cn2nnc3ccccc32)O1. The molecule has 1 aliphatic rings. The standard InChI is InChI=1S/C12H14N4O3/c1-18-12(17)11-6-7-15(19-11)8-16-10-5-3-2-4-9(10)13-14-16/h2-5,11H,6-8H2,1H3. The summed E-state index contributed by atoms with van der Waals surface area (Å²) in [5.74, 6) is -0.342. The van der Waals surface area contributed by atoms with Crippen LogP contribution in [0, 0.1) is 0 Å². The number of fused-ring (bicyclic) bond motifs is 1. The summed E-state index contributed by atoms with van der Waals surface area (Å²) in [5.41, 5.74) is 1.78. The van der Waals surface area contributed by atoms with E-state index in [0.717, 1.165) is 11.0 Å². The van der Waals surface area contributed by atoms with Crippen LogP contribution >= 0.6 is 0 Å². The van der Waals surface area contributed by atoms with Crippen molar-refractivity contribution >= 4 is 17.0 Å². The summed E-state index contributed by atoms with van der Waals surface area (Å²) in [7, 11) is 1.36. The Kier molecular flexibility index (Phi) is 3.14. The third kappa shape index (κ3) is 2.29. The highest BCUT2D eigenvalue weighted by Crippen LogP contribution is 2.17. The van der Waals surface area contributed by atoms with E-state index < -0.39 is 6.10 Å². The number of benzene rings is 1. The van der Waals surface area contributed by atoms with Crippen molar-refractivity contribution in [2.24, 2.45) is 0 Å². The van der Waals surface area contributed by atoms with Gasteiger partial charge in [-0.15, -0.1) is 5.10 Å². The Morgan fingerprint density at radius 1 is 1.53 bits per heavy atom. The number of esters is 1. The lowest BCUT2D eigenvalue weighted by Gasteiger charge is -2.15. The number of hydroxylamine groups is 2. The molecule has 0 N–H and O–H groups in total. The molecule has 0 radical (unpaired) electrons. The molecule has 0 saturated carbocycles. The second-order valence-corrected chi connectivity index (χ2v) is 4.33. The van der Waals surface area contributed by atoms with Crippen LogP contribution in [0.2, 0.25) is 0 Å². The Morgan fingerprint density at radius 3 is 3.21 bits per heavy atom. The van der Waals surface area contributed by atoms with Gasteiger partial charge >= 0.3 is 5.97 Å². The van der Waals surface area contributed by atoms with Crippen LogP contribution in [0.3, 0.4) is 0 Å². The van der Waals surface area contributed by atoms with Crippen molar-refractivity contribution in [2.75, 3.05) is 13.7 Å². The molecule has 7 heteroatoms. The van der Waals surface area contributed by atoms with Crippen LogP contribution in [-0.2, 0) is 21.0 Å². The highest BCUT2D eigenvalue weighted by atomic mass is 16.7. The van der Waals surface area contributed by atoms with Crippen LogP contribution in [0.5, 0.6) is 0 Å². The zero-order valence-electron chi connectivity index (χ0n) is 10.5. The smallest absolute Gasteiger partial charge is 0.337 e. The van der Waals surface area contributed by atoms with Crippen molar-refractivity contribution in [3.63, 3.8) is 0 Å². The van der Waals surface area contributed by atoms with Gasteiger partial charge in [-0.2, -0.15) is 5.06 Å². The highest BCUT2D eigenvalue weighted by molar-refractivity contribution is 5.75. The summed E-state index contributed by atoms with van der Waals surface area (Å²) in [6.45, 7) is 1.10. The number of carbonyl (C=O) groups is 1. The molecule has 1 atom stereocenters. The van der Waals surface area contributed by atoms with Crippen molar-refractivity contribution in [3.05, 3.63) is 24.3 Å². The minimum absolute atomic E-state index is 0.342. The first-order chi connectivity index (χ1) is 9.28. The molecule has 0 spiro atoms. The van der Waals surface area contributed by atoms with Crippen LogP contribution in [0.4, 0.5) is 0 Å². The first-order valence-corrected chi connectivity index (χ1v) is 6.05. The van der Waals surface area contributed by atoms with Crippen molar-refractivity contribution in [1.29, 1.82) is 0 Å². The Labute approximate surface area is 109 Å². The Hall–Kier alpha value is -1.99. The molecule has 1 aromatic carbocycles. The summed E-state index contributed by atoms with van der Waals surface area (Å²) < 4.78 is 6.41. The topological polar surface area (TPSA) is 69.5 Å². The van der Waals surface area contributed by atoms with Crippen molar-refractivity contribution in [1.82, 2.24) is 20.1 Å². The molecule has 2 aromatic rings. The number of methoxy groups -OCH3 is 1. The average Bonchev–Trinajstić information content (AvgIpc) is 3.06. The van der Waals surface area contributed by atoms with E-state index in [2.05, 4.69) is 15.0 Å². The predicted octanol–water partition coefficient (Wildman–Crippen LogP) is 0.568. The van der Waals surface area contributed by atoms with Crippen LogP contribution in [0.15, 0.2) is 24.3 Å². The molecule has 1 aliphatic heterocycles. The number of rotatable bonds is 3. The molecule has 1 fully saturated rings. The maximum atomic E-state index is 11.4. The zero-order chi connectivity index (χ0) is 13.2. The number of ether oxygens (including phenoxy) is 1. The van der Waals surface area contributed by atoms with Gasteiger partial charge in [0.05, 0.1) is 12.6 Å². The van der Waals surface area contributed by atoms with Gasteiger partial charge in [0.1, 0.15) is 12.2 Å². The molecule has 100 valence electrons. The summed E-state index contributed by atoms with van der Waals surface area (Å²) in [5, 5.41) is 9.84. The van der Waals surface area contributed by atoms with Gasteiger partial charge in [0.25, 0.3) is 0 Å². The second-order valence-electron chi connectivity index (χ2n) is 4.33. The maximum Gasteiger partial charge on any atom is 0.337 e. The minimum atomic E-state index is -0.514. The molecule has 3 rings (SSSR count). The number of carbonyl (C=O) groups excluding carboxylic acids is 1. The van der Waals surface area contributed by atoms with Gasteiger partial charge in [0, 0.05) is 13.0 Å². The molecule has 0 amide bonds. The molecule has 19 heavy (non-hydrogen) atoms. The quantitative estimate of drug-likeness (QED) is 0.753. The summed E-state index contributed by atoms with van der Waals surface area (Å²) in [4.78, 5) is 16.9. The number of para-hydroxylation sites is 1. The first-order valence-electron chi connectivity index (χ1n) is 6.05. The second kappa shape index (κ2) is 4.94. The fourth-order valence-corrected chi connectivity index (χ4v) is 2.11. The molecular weight excluding hydrogens is 248 g/mol. The van der Waals surface area contributed by atoms with Crippen LogP contribution in [-0.4, -0.2) is 45.8 Å². The molecule has 1 saturated heterocycles. The van der Waals surface area contributed by atoms with Gasteiger partial charge in [-0.25, -0.2) is 9.48 Å². The van der Waals surface area contributed by atoms with Gasteiger partial charge in [0.15, 0.2) is 6.10 Å². The van der Waals surface area contributed by atoms with Gasteiger partial charge in [0.2, 0.25) is 0 Å². The van der Waals surface area contributed by atoms with E-state index in [-0.39, 0.29) is 5.97 Å². The largest absolute Gasteiger partial charge is 0.467 e. The van der Waals surface area contributed by atoms with Crippen LogP contribution < -0.4 is 0 Å². The fraction of sp³-hybridized carbons (Fsp3) is 0.417. The van der Waals surface area contributed by atoms with Gasteiger partial charge in [-0.1, -0.05) is 17.3 Å². The van der Waals surface area contributed by atoms with Crippen LogP contribution in [0.25, 0.3) is 11.0 Å². The lowest BCUT2D eigenvalue weighted by Crippen LogP contribution is -2.27. The predicted molar refractivity (Wildman–Crippen MR) is 65.7 cm³/mol. The molecular formula is C12H14N4O3. The Balaban J connectivity index is 1.71. The van der Waals surface area contributed by atoms with E-state index in [9.17, 15) is 4.79 Å². The van der Waals surface area contributed by atoms with E-state index in [1.54, 1.807) is 9.75 Å². The van der Waals surface area contributed by atoms with E-state index in [4.69, 9.17) is 4.84 Å². The summed E-state index contributed by atoms with van der Waals surface area (Å²) >= 11 is 0. The molecule has 0 aliphatic carbocycles. The monoisotopic (exact) mass is 262 g/mol. The van der Waals surface area contributed by atoms with Crippen LogP contribution in [0.1, 0.15) is 6.42 Å². The third-order valence-corrected chi connectivity index (χ3v) is 3.09. The first kappa shape index (κ1) is 12.1. The molecule has 1 aromatic heterocycles. The maximum absolute atomic E-state index is 11.4. The lowest BCUT2D eigenvalue weighted by atomic mass is 10.3. The molecule has 2 heterocycles. The fourth-order valence-electron chi connectivity index (χ4n) is 2.11. The van der Waals surface area contributed by atoms with Crippen molar-refractivity contribution < 1.29 is 14.4 Å². The average molecular weight is 262 g/mol. The molecule has 7 nitrogen and oxygen atoms in total. The van der Waals surface area contributed by atoms with Crippen molar-refractivity contribution in [2.45, 2.75) is 19.2 Å². The normalized spacial score (nSPS) is 19.9. The van der Waals surface area contributed by atoms with Gasteiger partial charge in [-0.05, 0) is 12.1 Å². The highest BCUT2D eigenvalue weighted by Gasteiger charge is 2.30. The number of hydrogen-bond donors (Lipinski definition) is 0. The number of hydrogen-bond acceptors (Lipinski definition) is 6. The summed E-state index contributed by atoms with van der Waals surface area (Å²) in [6, 6.07) is 7.70. The van der Waals surface area contributed by atoms with Gasteiger partial charge in [-0.3, -0.25) is 4.84 Å². The lowest BCUT2D eigenvalue weighted by molar-refractivity contribution is -0.189. The third-order valence-electron chi connectivity index (χ3n) is 3.09. The minimum Gasteiger partial charge on any atom is -0.467 e. The van der Waals surface area contributed by atoms with E-state index in [1.165, 1.54) is 7.11 Å². The molecule has 0 bridgehead atoms. The summed E-state index contributed by atoms with van der Waals surface area (Å²) in [6.07, 6.45) is 0.110. The number of aromatic nitrogens is 3. The van der Waals surface area contributed by atoms with E-state index in [1.807, 2.05) is 24.3 Å². The number of nitrogens with zero attached hydrogens (tertiary/aromatic N) is 4. The Morgan fingerprint density at radius 2 is 2.37 bits per heavy atom. The Bertz CT molecular complexity index is 597.